The van der Waals surface area contributed by atoms with Gasteiger partial charge in [0, 0.05) is 6.92 Å². The Morgan fingerprint density at radius 2 is 2.14 bits per heavy atom. The van der Waals surface area contributed by atoms with Crippen LogP contribution < -0.4 is 4.74 Å². The highest BCUT2D eigenvalue weighted by Crippen LogP contribution is 2.28. The lowest BCUT2D eigenvalue weighted by Crippen LogP contribution is -2.02. The molecule has 1 aromatic rings. The van der Waals surface area contributed by atoms with E-state index in [-0.39, 0.29) is 11.7 Å². The molecule has 1 rings (SSSR count). The summed E-state index contributed by atoms with van der Waals surface area (Å²) in [6.07, 6.45) is 0.710. The number of aromatic hydroxyl groups is 1. The number of hydrogen-bond acceptors (Lipinski definition) is 3. The number of phenols is 1. The molecular formula is C11H14O3. The Bertz CT molecular complexity index is 356. The van der Waals surface area contributed by atoms with Crippen molar-refractivity contribution in [2.24, 2.45) is 0 Å². The van der Waals surface area contributed by atoms with Crippen molar-refractivity contribution in [1.82, 2.24) is 0 Å². The van der Waals surface area contributed by atoms with Crippen LogP contribution in [0.3, 0.4) is 0 Å². The molecule has 0 radical (unpaired) electrons. The molecule has 0 aromatic heterocycles. The zero-order valence-electron chi connectivity index (χ0n) is 8.63. The number of phenolic OH excluding ortho intramolecular Hbond substituents is 1. The average molecular weight is 194 g/mol. The Morgan fingerprint density at radius 3 is 2.64 bits per heavy atom. The highest BCUT2D eigenvalue weighted by Gasteiger charge is 2.07. The molecule has 0 heterocycles. The summed E-state index contributed by atoms with van der Waals surface area (Å²) in [7, 11) is 0. The zero-order chi connectivity index (χ0) is 10.7. The van der Waals surface area contributed by atoms with E-state index in [0.29, 0.717) is 12.2 Å². The summed E-state index contributed by atoms with van der Waals surface area (Å²) in [4.78, 5) is 10.7. The molecule has 0 saturated heterocycles. The summed E-state index contributed by atoms with van der Waals surface area (Å²) >= 11 is 0. The molecule has 14 heavy (non-hydrogen) atoms. The number of hydrogen-bond donors (Lipinski definition) is 1. The second-order valence-electron chi connectivity index (χ2n) is 3.20. The molecule has 0 fully saturated rings. The van der Waals surface area contributed by atoms with Gasteiger partial charge in [-0.25, -0.2) is 0 Å². The van der Waals surface area contributed by atoms with Gasteiger partial charge in [-0.3, -0.25) is 4.79 Å². The second-order valence-corrected chi connectivity index (χ2v) is 3.20. The molecule has 0 saturated carbocycles. The van der Waals surface area contributed by atoms with E-state index in [9.17, 15) is 9.90 Å². The molecule has 0 bridgehead atoms. The summed E-state index contributed by atoms with van der Waals surface area (Å²) in [5.41, 5.74) is 1.52. The van der Waals surface area contributed by atoms with Gasteiger partial charge in [0.15, 0.2) is 0 Å². The van der Waals surface area contributed by atoms with E-state index in [2.05, 4.69) is 0 Å². The van der Waals surface area contributed by atoms with Crippen LogP contribution in [0.5, 0.6) is 11.5 Å². The standard InChI is InChI=1S/C11H14O3/c1-4-9-6-10(14-8(3)12)5-7(2)11(9)13/h5-6,13H,4H2,1-3H3. The van der Waals surface area contributed by atoms with Gasteiger partial charge >= 0.3 is 5.97 Å². The van der Waals surface area contributed by atoms with Crippen molar-refractivity contribution in [2.75, 3.05) is 0 Å². The lowest BCUT2D eigenvalue weighted by Gasteiger charge is -2.08. The molecule has 1 aromatic carbocycles. The van der Waals surface area contributed by atoms with Crippen molar-refractivity contribution < 1.29 is 14.6 Å². The van der Waals surface area contributed by atoms with Crippen LogP contribution in [0.1, 0.15) is 25.0 Å². The first-order valence-electron chi connectivity index (χ1n) is 4.55. The minimum atomic E-state index is -0.350. The molecule has 3 nitrogen and oxygen atoms in total. The van der Waals surface area contributed by atoms with Crippen molar-refractivity contribution in [2.45, 2.75) is 27.2 Å². The van der Waals surface area contributed by atoms with Crippen LogP contribution in [0.4, 0.5) is 0 Å². The van der Waals surface area contributed by atoms with Crippen LogP contribution in [0.15, 0.2) is 12.1 Å². The van der Waals surface area contributed by atoms with Crippen molar-refractivity contribution in [3.05, 3.63) is 23.3 Å². The highest BCUT2D eigenvalue weighted by atomic mass is 16.5. The fourth-order valence-corrected chi connectivity index (χ4v) is 1.31. The van der Waals surface area contributed by atoms with Gasteiger partial charge < -0.3 is 9.84 Å². The summed E-state index contributed by atoms with van der Waals surface area (Å²) in [5, 5.41) is 9.62. The first-order valence-corrected chi connectivity index (χ1v) is 4.55. The molecule has 0 aliphatic carbocycles. The van der Waals surface area contributed by atoms with Crippen LogP contribution in [0.25, 0.3) is 0 Å². The fourth-order valence-electron chi connectivity index (χ4n) is 1.31. The molecule has 0 amide bonds. The van der Waals surface area contributed by atoms with Gasteiger partial charge in [-0.2, -0.15) is 0 Å². The first kappa shape index (κ1) is 10.6. The second kappa shape index (κ2) is 4.13. The van der Waals surface area contributed by atoms with Gasteiger partial charge in [-0.15, -0.1) is 0 Å². The highest BCUT2D eigenvalue weighted by molar-refractivity contribution is 5.69. The Morgan fingerprint density at radius 1 is 1.50 bits per heavy atom. The molecule has 0 unspecified atom stereocenters. The van der Waals surface area contributed by atoms with E-state index in [0.717, 1.165) is 11.1 Å². The SMILES string of the molecule is CCc1cc(OC(C)=O)cc(C)c1O. The number of rotatable bonds is 2. The van der Waals surface area contributed by atoms with Crippen molar-refractivity contribution >= 4 is 5.97 Å². The van der Waals surface area contributed by atoms with Gasteiger partial charge in [0.1, 0.15) is 11.5 Å². The monoisotopic (exact) mass is 194 g/mol. The Labute approximate surface area is 83.3 Å². The predicted molar refractivity (Wildman–Crippen MR) is 53.5 cm³/mol. The summed E-state index contributed by atoms with van der Waals surface area (Å²) in [6.45, 7) is 5.07. The van der Waals surface area contributed by atoms with Crippen molar-refractivity contribution in [1.29, 1.82) is 0 Å². The lowest BCUT2D eigenvalue weighted by molar-refractivity contribution is -0.131. The number of benzene rings is 1. The maximum absolute atomic E-state index is 10.7. The maximum atomic E-state index is 10.7. The molecule has 76 valence electrons. The molecule has 0 spiro atoms. The normalized spacial score (nSPS) is 9.93. The van der Waals surface area contributed by atoms with Crippen molar-refractivity contribution in [3.8, 4) is 11.5 Å². The maximum Gasteiger partial charge on any atom is 0.308 e. The van der Waals surface area contributed by atoms with Crippen LogP contribution >= 0.6 is 0 Å². The van der Waals surface area contributed by atoms with Gasteiger partial charge in [-0.05, 0) is 36.6 Å². The molecule has 1 N–H and O–H groups in total. The number of carbonyl (C=O) groups is 1. The fraction of sp³-hybridized carbons (Fsp3) is 0.364. The number of ether oxygens (including phenoxy) is 1. The van der Waals surface area contributed by atoms with E-state index < -0.39 is 0 Å². The van der Waals surface area contributed by atoms with Crippen LogP contribution in [0.2, 0.25) is 0 Å². The van der Waals surface area contributed by atoms with E-state index in [1.165, 1.54) is 6.92 Å². The number of esters is 1. The zero-order valence-corrected chi connectivity index (χ0v) is 8.63. The smallest absolute Gasteiger partial charge is 0.308 e. The number of aryl methyl sites for hydroxylation is 2. The molecular weight excluding hydrogens is 180 g/mol. The first-order chi connectivity index (χ1) is 6.54. The largest absolute Gasteiger partial charge is 0.507 e. The average Bonchev–Trinajstić information content (AvgIpc) is 2.10. The molecule has 0 aliphatic heterocycles. The van der Waals surface area contributed by atoms with Crippen LogP contribution in [-0.4, -0.2) is 11.1 Å². The Balaban J connectivity index is 3.09. The van der Waals surface area contributed by atoms with Crippen LogP contribution in [0, 0.1) is 6.92 Å². The third-order valence-electron chi connectivity index (χ3n) is 2.00. The summed E-state index contributed by atoms with van der Waals surface area (Å²) in [6, 6.07) is 3.33. The molecule has 3 heteroatoms. The lowest BCUT2D eigenvalue weighted by atomic mass is 10.1. The topological polar surface area (TPSA) is 46.5 Å². The van der Waals surface area contributed by atoms with Gasteiger partial charge in [0.05, 0.1) is 0 Å². The Hall–Kier alpha value is -1.51. The van der Waals surface area contributed by atoms with E-state index >= 15 is 0 Å². The third-order valence-corrected chi connectivity index (χ3v) is 2.00. The van der Waals surface area contributed by atoms with Gasteiger partial charge in [0.25, 0.3) is 0 Å². The van der Waals surface area contributed by atoms with Gasteiger partial charge in [-0.1, -0.05) is 6.92 Å². The molecule has 0 aliphatic rings. The quantitative estimate of drug-likeness (QED) is 0.579. The summed E-state index contributed by atoms with van der Waals surface area (Å²) < 4.78 is 4.94. The van der Waals surface area contributed by atoms with Crippen molar-refractivity contribution in [3.63, 3.8) is 0 Å². The minimum Gasteiger partial charge on any atom is -0.507 e. The van der Waals surface area contributed by atoms with Gasteiger partial charge in [0.2, 0.25) is 0 Å². The predicted octanol–water partition coefficient (Wildman–Crippen LogP) is 2.19. The van der Waals surface area contributed by atoms with E-state index in [4.69, 9.17) is 4.74 Å². The number of carbonyl (C=O) groups excluding carboxylic acids is 1. The Kier molecular flexibility index (Phi) is 3.12. The third kappa shape index (κ3) is 2.25. The van der Waals surface area contributed by atoms with E-state index in [1.807, 2.05) is 6.92 Å². The van der Waals surface area contributed by atoms with Crippen LogP contribution in [-0.2, 0) is 11.2 Å². The van der Waals surface area contributed by atoms with E-state index in [1.54, 1.807) is 19.1 Å². The molecule has 0 atom stereocenters. The summed E-state index contributed by atoms with van der Waals surface area (Å²) in [5.74, 6) is 0.421. The minimum absolute atomic E-state index is 0.281.